The fourth-order valence-corrected chi connectivity index (χ4v) is 24.6. The smallest absolute Gasteiger partial charge is 0.323 e. The SMILES string of the molecule is Cc1cc2c(cc1O)C1(CC2(C)C)CC(C)(C)c2cc(C3(C)C(=O)N(CCN4C(=O)C(c5cc6c(cc5O)C5(CC(C)(C)c7cc(C)c(O)cc75)CC6(C)C)(c5cc6c(cc5O)C5(CC(C)(C)c7cc(C8(C)C(=O)N(CC(=O)O)c9ccccc98)c(O)cc75)CC6(C)C)c5ccccc54)c4ccccc43)c(O)cc21. The van der Waals surface area contributed by atoms with Gasteiger partial charge in [-0.3, -0.25) is 24.1 Å². The third-order valence-corrected chi connectivity index (χ3v) is 28.8. The van der Waals surface area contributed by atoms with Crippen LogP contribution in [-0.4, -0.2) is 79.1 Å². The van der Waals surface area contributed by atoms with Crippen LogP contribution in [0.2, 0.25) is 0 Å². The van der Waals surface area contributed by atoms with Gasteiger partial charge >= 0.3 is 5.97 Å². The van der Waals surface area contributed by atoms with Gasteiger partial charge in [0.1, 0.15) is 57.3 Å². The number of anilines is 3. The summed E-state index contributed by atoms with van der Waals surface area (Å²) >= 11 is 0. The Morgan fingerprint density at radius 2 is 0.560 bits per heavy atom. The second kappa shape index (κ2) is 21.6. The Hall–Kier alpha value is -10.3. The van der Waals surface area contributed by atoms with Crippen molar-refractivity contribution in [2.24, 2.45) is 0 Å². The van der Waals surface area contributed by atoms with Gasteiger partial charge in [0, 0.05) is 74.2 Å². The van der Waals surface area contributed by atoms with E-state index < -0.39 is 78.5 Å². The van der Waals surface area contributed by atoms with Crippen molar-refractivity contribution >= 4 is 40.8 Å². The Balaban J connectivity index is 0.782. The standard InChI is InChI=1S/C95H97N3O11/c1-50-31-55-61(37-74(50)99)92(44-84(55,3)4)46-86(7,8)57-33-67(76(101)39-63(57)92)90(15)52-23-17-20-26-71(52)96(81(90)107)29-30-97-73-28-22-19-25-54(73)95(83(97)109,69-35-59-65(41-78(69)103)93(48-88(59,11)12)45-85(5,6)56-32-51(2)75(100)38-62(56)93)70-36-60-66(42-79(70)104)94(49-89(60,13)14)47-87(9,10)58-34-68(77(102)40-64(58)94)91(16)53-24-18-21-27-72(53)98(82(91)108)43-80(105)106/h17-28,31-42,99-104H,29-30,43-49H2,1-16H3,(H,105,106). The molecule has 18 rings (SSSR count). The van der Waals surface area contributed by atoms with Gasteiger partial charge in [0.25, 0.3) is 0 Å². The van der Waals surface area contributed by atoms with E-state index in [1.165, 1.54) is 10.5 Å². The van der Waals surface area contributed by atoms with Crippen LogP contribution in [0.3, 0.4) is 0 Å². The van der Waals surface area contributed by atoms with E-state index in [4.69, 9.17) is 0 Å². The number of carboxylic acids is 1. The van der Waals surface area contributed by atoms with Gasteiger partial charge in [0.05, 0.1) is 0 Å². The molecular formula is C95H97N3O11. The molecule has 3 heterocycles. The summed E-state index contributed by atoms with van der Waals surface area (Å²) in [5.74, 6) is -2.35. The number of aryl methyl sites for hydroxylation is 2. The van der Waals surface area contributed by atoms with Crippen molar-refractivity contribution < 1.29 is 54.9 Å². The molecule has 0 saturated carbocycles. The molecule has 14 nitrogen and oxygen atoms in total. The number of benzene rings is 9. The summed E-state index contributed by atoms with van der Waals surface area (Å²) in [7, 11) is 0. The molecule has 558 valence electrons. The number of carbonyl (C=O) groups is 4. The maximum absolute atomic E-state index is 17.6. The minimum atomic E-state index is -1.95. The number of carboxylic acid groups (broad SMARTS) is 1. The van der Waals surface area contributed by atoms with E-state index in [9.17, 15) is 45.3 Å². The van der Waals surface area contributed by atoms with Crippen LogP contribution in [0.4, 0.5) is 17.1 Å². The first-order valence-electron chi connectivity index (χ1n) is 38.7. The van der Waals surface area contributed by atoms with Crippen molar-refractivity contribution in [2.75, 3.05) is 34.3 Å². The van der Waals surface area contributed by atoms with Crippen LogP contribution in [0.25, 0.3) is 0 Å². The van der Waals surface area contributed by atoms with Crippen LogP contribution >= 0.6 is 0 Å². The lowest BCUT2D eigenvalue weighted by atomic mass is 9.66. The van der Waals surface area contributed by atoms with Gasteiger partial charge in [-0.2, -0.15) is 0 Å². The summed E-state index contributed by atoms with van der Waals surface area (Å²) in [5.41, 5.74) is 8.66. The van der Waals surface area contributed by atoms with E-state index in [2.05, 4.69) is 101 Å². The van der Waals surface area contributed by atoms with Gasteiger partial charge in [-0.15, -0.1) is 0 Å². The van der Waals surface area contributed by atoms with Gasteiger partial charge in [0.2, 0.25) is 17.7 Å². The van der Waals surface area contributed by atoms with Crippen LogP contribution in [-0.2, 0) is 84.2 Å². The molecule has 0 fully saturated rings. The molecule has 3 aliphatic heterocycles. The third-order valence-electron chi connectivity index (χ3n) is 28.8. The fraction of sp³-hybridized carbons (Fsp3) is 0.389. The molecule has 6 atom stereocenters. The highest BCUT2D eigenvalue weighted by molar-refractivity contribution is 6.16. The van der Waals surface area contributed by atoms with Crippen molar-refractivity contribution in [3.63, 3.8) is 0 Å². The largest absolute Gasteiger partial charge is 0.508 e. The van der Waals surface area contributed by atoms with E-state index in [1.54, 1.807) is 34.9 Å². The Morgan fingerprint density at radius 1 is 0.303 bits per heavy atom. The first-order valence-corrected chi connectivity index (χ1v) is 38.7. The number of fused-ring (bicyclic) bond motifs is 15. The average molecular weight is 1460 g/mol. The number of amides is 3. The third kappa shape index (κ3) is 8.75. The maximum Gasteiger partial charge on any atom is 0.323 e. The molecule has 14 heteroatoms. The minimum absolute atomic E-state index is 0.00137. The molecule has 6 aliphatic carbocycles. The Kier molecular flexibility index (Phi) is 13.9. The summed E-state index contributed by atoms with van der Waals surface area (Å²) in [4.78, 5) is 65.7. The van der Waals surface area contributed by atoms with Crippen molar-refractivity contribution in [3.05, 3.63) is 262 Å². The molecule has 6 unspecified atom stereocenters. The highest BCUT2D eigenvalue weighted by atomic mass is 16.4. The highest BCUT2D eigenvalue weighted by Crippen LogP contribution is 2.70. The predicted octanol–water partition coefficient (Wildman–Crippen LogP) is 17.3. The zero-order valence-corrected chi connectivity index (χ0v) is 65.3. The molecular weight excluding hydrogens is 1360 g/mol. The number of aromatic hydroxyl groups is 6. The fourth-order valence-electron chi connectivity index (χ4n) is 24.6. The summed E-state index contributed by atoms with van der Waals surface area (Å²) in [6, 6.07) is 45.9. The van der Waals surface area contributed by atoms with Crippen LogP contribution < -0.4 is 14.7 Å². The number of aliphatic carboxylic acids is 1. The maximum atomic E-state index is 17.6. The molecule has 9 aromatic carbocycles. The van der Waals surface area contributed by atoms with E-state index in [1.807, 2.05) is 130 Å². The van der Waals surface area contributed by atoms with Crippen LogP contribution in [0.15, 0.2) is 146 Å². The number of rotatable bonds is 9. The van der Waals surface area contributed by atoms with Crippen molar-refractivity contribution in [1.82, 2.24) is 0 Å². The normalized spacial score (nSPS) is 27.0. The predicted molar refractivity (Wildman–Crippen MR) is 423 cm³/mol. The second-order valence-electron chi connectivity index (χ2n) is 38.4. The van der Waals surface area contributed by atoms with Crippen molar-refractivity contribution in [1.29, 1.82) is 0 Å². The lowest BCUT2D eigenvalue weighted by Crippen LogP contribution is -2.47. The Bertz CT molecular complexity index is 5700. The zero-order valence-electron chi connectivity index (χ0n) is 65.3. The molecule has 109 heavy (non-hydrogen) atoms. The lowest BCUT2D eigenvalue weighted by Gasteiger charge is -2.35. The molecule has 9 aliphatic rings. The number of para-hydroxylation sites is 3. The van der Waals surface area contributed by atoms with E-state index in [0.29, 0.717) is 70.6 Å². The number of hydrogen-bond acceptors (Lipinski definition) is 10. The van der Waals surface area contributed by atoms with Crippen LogP contribution in [0.5, 0.6) is 34.5 Å². The van der Waals surface area contributed by atoms with Crippen LogP contribution in [0, 0.1) is 13.8 Å². The Morgan fingerprint density at radius 3 is 0.899 bits per heavy atom. The van der Waals surface area contributed by atoms with Gasteiger partial charge < -0.3 is 45.5 Å². The number of phenolic OH excluding ortho intramolecular Hbond substituents is 6. The van der Waals surface area contributed by atoms with Crippen molar-refractivity contribution in [3.8, 4) is 34.5 Å². The topological polar surface area (TPSA) is 220 Å². The molecule has 0 aromatic heterocycles. The molecule has 9 aromatic rings. The molecule has 0 radical (unpaired) electrons. The average Bonchev–Trinajstić information content (AvgIpc) is 1.52. The van der Waals surface area contributed by atoms with E-state index in [0.717, 1.165) is 85.2 Å². The molecule has 0 saturated heterocycles. The summed E-state index contributed by atoms with van der Waals surface area (Å²) in [5, 5.41) is 85.9. The van der Waals surface area contributed by atoms with E-state index in [-0.39, 0.29) is 75.5 Å². The van der Waals surface area contributed by atoms with Gasteiger partial charge in [0.15, 0.2) is 0 Å². The number of nitrogens with zero attached hydrogens (tertiary/aromatic N) is 3. The minimum Gasteiger partial charge on any atom is -0.508 e. The van der Waals surface area contributed by atoms with E-state index >= 15 is 9.59 Å². The number of carbonyl (C=O) groups excluding carboxylic acids is 3. The number of phenols is 6. The summed E-state index contributed by atoms with van der Waals surface area (Å²) in [6.45, 7) is 33.5. The summed E-state index contributed by atoms with van der Waals surface area (Å²) < 4.78 is 0. The lowest BCUT2D eigenvalue weighted by molar-refractivity contribution is -0.137. The first kappa shape index (κ1) is 70.3. The first-order chi connectivity index (χ1) is 51.0. The molecule has 3 amide bonds. The quantitative estimate of drug-likeness (QED) is 0.0721. The van der Waals surface area contributed by atoms with Gasteiger partial charge in [-0.25, -0.2) is 0 Å². The monoisotopic (exact) mass is 1460 g/mol. The summed E-state index contributed by atoms with van der Waals surface area (Å²) in [6.07, 6.45) is 3.93. The van der Waals surface area contributed by atoms with Crippen LogP contribution in [0.1, 0.15) is 252 Å². The van der Waals surface area contributed by atoms with Gasteiger partial charge in [-0.1, -0.05) is 150 Å². The second-order valence-corrected chi connectivity index (χ2v) is 38.4. The van der Waals surface area contributed by atoms with Crippen molar-refractivity contribution in [2.45, 2.75) is 214 Å². The molecule has 3 spiro atoms. The highest BCUT2D eigenvalue weighted by Gasteiger charge is 2.65. The zero-order chi connectivity index (χ0) is 77.7. The van der Waals surface area contributed by atoms with Gasteiger partial charge in [-0.05, 0) is 267 Å². The Labute approximate surface area is 637 Å². The molecule has 7 N–H and O–H groups in total. The number of hydrogen-bond donors (Lipinski definition) is 7. The molecule has 0 bridgehead atoms.